The summed E-state index contributed by atoms with van der Waals surface area (Å²) in [7, 11) is 0. The minimum Gasteiger partial charge on any atom is -0.489 e. The third-order valence-corrected chi connectivity index (χ3v) is 9.31. The van der Waals surface area contributed by atoms with Crippen LogP contribution in [-0.2, 0) is 32.1 Å². The van der Waals surface area contributed by atoms with Crippen LogP contribution >= 0.6 is 0 Å². The van der Waals surface area contributed by atoms with Gasteiger partial charge in [0.15, 0.2) is 0 Å². The van der Waals surface area contributed by atoms with E-state index in [-0.39, 0.29) is 24.7 Å². The molecule has 2 atom stereocenters. The zero-order valence-electron chi connectivity index (χ0n) is 38.5. The highest BCUT2D eigenvalue weighted by Gasteiger charge is 2.24. The summed E-state index contributed by atoms with van der Waals surface area (Å²) in [5, 5.41) is 30.4. The molecule has 17 nitrogen and oxygen atoms in total. The summed E-state index contributed by atoms with van der Waals surface area (Å²) >= 11 is 0. The number of carbonyl (C=O) groups is 4. The lowest BCUT2D eigenvalue weighted by Gasteiger charge is -2.23. The lowest BCUT2D eigenvalue weighted by molar-refractivity contribution is -0.137. The second-order valence-corrected chi connectivity index (χ2v) is 16.3. The van der Waals surface area contributed by atoms with E-state index in [0.29, 0.717) is 26.1 Å². The van der Waals surface area contributed by atoms with Gasteiger partial charge in [0.25, 0.3) is 0 Å². The Balaban J connectivity index is 0.000000735. The highest BCUT2D eigenvalue weighted by Crippen LogP contribution is 2.16. The van der Waals surface area contributed by atoms with Crippen molar-refractivity contribution in [3.05, 3.63) is 65.7 Å². The molecule has 2 rings (SSSR count). The number of alkyl carbamates (subject to hydrolysis) is 1. The number of aliphatic carboxylic acids is 1. The summed E-state index contributed by atoms with van der Waals surface area (Å²) in [6.45, 7) is 15.9. The molecule has 0 radical (unpaired) electrons. The molecule has 14 N–H and O–H groups in total. The number of carboxylic acid groups (broad SMARTS) is 1. The molecule has 0 fully saturated rings. The van der Waals surface area contributed by atoms with Crippen LogP contribution in [0.25, 0.3) is 0 Å². The Morgan fingerprint density at radius 3 is 1.57 bits per heavy atom. The predicted molar refractivity (Wildman–Crippen MR) is 251 cm³/mol. The van der Waals surface area contributed by atoms with Gasteiger partial charge in [-0.15, -0.1) is 0 Å². The first-order valence-corrected chi connectivity index (χ1v) is 22.9. The quantitative estimate of drug-likeness (QED) is 0.0445. The van der Waals surface area contributed by atoms with Crippen molar-refractivity contribution in [2.75, 3.05) is 78.5 Å². The third kappa shape index (κ3) is 33.8. The van der Waals surface area contributed by atoms with Gasteiger partial charge in [0.2, 0.25) is 11.8 Å². The second-order valence-electron chi connectivity index (χ2n) is 16.3. The average Bonchev–Trinajstić information content (AvgIpc) is 3.25. The molecule has 0 aliphatic rings. The summed E-state index contributed by atoms with van der Waals surface area (Å²) in [4.78, 5) is 47.4. The molecule has 358 valence electrons. The first-order chi connectivity index (χ1) is 30.3. The standard InChI is InChI=1S/C31H49N5O4.C15H33N5O3/c1-31(2,3)40-30(38)36-28(29(37)35-22-10-21-34-19-8-7-18-33-20-9-17-32)23-25-13-15-27(16-14-25)39-24-26-11-5-4-6-12-26;16-7-3-10-18-8-1-2-9-19-11-4-12-20-15(23)13(17)5-6-14(21)22/h4-6,11-16,28,33-34H,7-10,17-24,32H2,1-3H3,(H,35,37)(H,36,38);13,18-19H,1-12,16-17H2,(H,20,23)(H,21,22). The van der Waals surface area contributed by atoms with Gasteiger partial charge in [-0.2, -0.15) is 0 Å². The topological polar surface area (TPSA) is 269 Å². The first kappa shape index (κ1) is 56.7. The molecule has 0 aromatic heterocycles. The van der Waals surface area contributed by atoms with Crippen molar-refractivity contribution in [2.24, 2.45) is 17.2 Å². The number of carboxylic acids is 1. The van der Waals surface area contributed by atoms with Crippen LogP contribution in [0, 0.1) is 0 Å². The van der Waals surface area contributed by atoms with Gasteiger partial charge >= 0.3 is 12.1 Å². The van der Waals surface area contributed by atoms with E-state index in [0.717, 1.165) is 134 Å². The maximum atomic E-state index is 13.0. The Hall–Kier alpha value is -4.36. The summed E-state index contributed by atoms with van der Waals surface area (Å²) in [6.07, 6.45) is 7.91. The molecular formula is C46H82N10O7. The van der Waals surface area contributed by atoms with Crippen molar-refractivity contribution in [3.8, 4) is 5.75 Å². The van der Waals surface area contributed by atoms with Gasteiger partial charge in [-0.3, -0.25) is 14.4 Å². The molecule has 2 aromatic carbocycles. The van der Waals surface area contributed by atoms with Gasteiger partial charge in [-0.1, -0.05) is 42.5 Å². The molecule has 63 heavy (non-hydrogen) atoms. The number of rotatable bonds is 35. The Morgan fingerprint density at radius 2 is 1.10 bits per heavy atom. The smallest absolute Gasteiger partial charge is 0.408 e. The molecule has 0 bridgehead atoms. The van der Waals surface area contributed by atoms with E-state index in [1.165, 1.54) is 0 Å². The van der Waals surface area contributed by atoms with E-state index in [1.54, 1.807) is 20.8 Å². The van der Waals surface area contributed by atoms with Crippen molar-refractivity contribution in [1.29, 1.82) is 0 Å². The molecule has 2 aromatic rings. The number of hydrogen-bond acceptors (Lipinski definition) is 13. The van der Waals surface area contributed by atoms with Crippen LogP contribution in [-0.4, -0.2) is 125 Å². The lowest BCUT2D eigenvalue weighted by atomic mass is 10.0. The molecule has 2 unspecified atom stereocenters. The summed E-state index contributed by atoms with van der Waals surface area (Å²) in [5.41, 5.74) is 17.8. The summed E-state index contributed by atoms with van der Waals surface area (Å²) in [6, 6.07) is 16.0. The number of hydrogen-bond donors (Lipinski definition) is 11. The number of nitrogens with two attached hydrogens (primary N) is 3. The molecule has 3 amide bonds. The summed E-state index contributed by atoms with van der Waals surface area (Å²) in [5.74, 6) is -0.718. The number of unbranched alkanes of at least 4 members (excludes halogenated alkanes) is 2. The Kier molecular flexibility index (Phi) is 33.3. The van der Waals surface area contributed by atoms with Crippen LogP contribution in [0.3, 0.4) is 0 Å². The monoisotopic (exact) mass is 887 g/mol. The van der Waals surface area contributed by atoms with Crippen molar-refractivity contribution < 1.29 is 33.8 Å². The van der Waals surface area contributed by atoms with Crippen molar-refractivity contribution in [2.45, 2.75) is 116 Å². The fourth-order valence-electron chi connectivity index (χ4n) is 5.83. The summed E-state index contributed by atoms with van der Waals surface area (Å²) < 4.78 is 11.3. The van der Waals surface area contributed by atoms with Crippen LogP contribution in [0.1, 0.15) is 96.1 Å². The van der Waals surface area contributed by atoms with Crippen LogP contribution in [0.15, 0.2) is 54.6 Å². The minimum atomic E-state index is -0.938. The number of carbonyl (C=O) groups excluding carboxylic acids is 3. The Labute approximate surface area is 376 Å². The van der Waals surface area contributed by atoms with Gasteiger partial charge < -0.3 is 69.0 Å². The first-order valence-electron chi connectivity index (χ1n) is 22.9. The second kappa shape index (κ2) is 37.1. The molecule has 0 aliphatic carbocycles. The molecule has 17 heteroatoms. The maximum absolute atomic E-state index is 13.0. The zero-order chi connectivity index (χ0) is 46.4. The van der Waals surface area contributed by atoms with E-state index in [4.69, 9.17) is 31.8 Å². The lowest BCUT2D eigenvalue weighted by Crippen LogP contribution is -2.49. The largest absolute Gasteiger partial charge is 0.489 e. The number of ether oxygens (including phenoxy) is 2. The Bertz CT molecular complexity index is 1470. The Morgan fingerprint density at radius 1 is 0.619 bits per heavy atom. The van der Waals surface area contributed by atoms with E-state index in [9.17, 15) is 19.2 Å². The van der Waals surface area contributed by atoms with Gasteiger partial charge in [0.05, 0.1) is 6.04 Å². The van der Waals surface area contributed by atoms with Crippen LogP contribution in [0.2, 0.25) is 0 Å². The van der Waals surface area contributed by atoms with Gasteiger partial charge in [0, 0.05) is 25.9 Å². The fraction of sp³-hybridized carbons (Fsp3) is 0.652. The van der Waals surface area contributed by atoms with Crippen LogP contribution < -0.4 is 59.2 Å². The number of amides is 3. The average molecular weight is 887 g/mol. The normalized spacial score (nSPS) is 12.0. The molecule has 0 heterocycles. The van der Waals surface area contributed by atoms with Crippen LogP contribution in [0.4, 0.5) is 4.79 Å². The third-order valence-electron chi connectivity index (χ3n) is 9.31. The fourth-order valence-corrected chi connectivity index (χ4v) is 5.83. The molecule has 0 aliphatic heterocycles. The van der Waals surface area contributed by atoms with E-state index >= 15 is 0 Å². The SMILES string of the molecule is CC(C)(C)OC(=O)NC(Cc1ccc(OCc2ccccc2)cc1)C(=O)NCCCNCCCCNCCCN.NCCCNCCCCNCCCNC(=O)C(N)CCC(=O)O. The molecular weight excluding hydrogens is 805 g/mol. The highest BCUT2D eigenvalue weighted by atomic mass is 16.6. The minimum absolute atomic E-state index is 0.0861. The molecule has 0 saturated carbocycles. The zero-order valence-corrected chi connectivity index (χ0v) is 38.5. The molecule has 0 spiro atoms. The van der Waals surface area contributed by atoms with Gasteiger partial charge in [0.1, 0.15) is 24.0 Å². The van der Waals surface area contributed by atoms with E-state index in [1.807, 2.05) is 54.6 Å². The maximum Gasteiger partial charge on any atom is 0.408 e. The van der Waals surface area contributed by atoms with Gasteiger partial charge in [-0.05, 0) is 167 Å². The van der Waals surface area contributed by atoms with Crippen molar-refractivity contribution >= 4 is 23.9 Å². The molecule has 0 saturated heterocycles. The van der Waals surface area contributed by atoms with Crippen LogP contribution in [0.5, 0.6) is 5.75 Å². The highest BCUT2D eigenvalue weighted by molar-refractivity contribution is 5.86. The predicted octanol–water partition coefficient (Wildman–Crippen LogP) is 2.51. The van der Waals surface area contributed by atoms with Crippen molar-refractivity contribution in [3.63, 3.8) is 0 Å². The van der Waals surface area contributed by atoms with E-state index in [2.05, 4.69) is 37.2 Å². The number of nitrogens with one attached hydrogen (secondary N) is 7. The van der Waals surface area contributed by atoms with Gasteiger partial charge in [-0.25, -0.2) is 4.79 Å². The van der Waals surface area contributed by atoms with E-state index < -0.39 is 29.7 Å². The van der Waals surface area contributed by atoms with Crippen molar-refractivity contribution in [1.82, 2.24) is 37.2 Å². The number of benzene rings is 2.